The topological polar surface area (TPSA) is 66.6 Å². The number of amides is 2. The van der Waals surface area contributed by atoms with Crippen molar-refractivity contribution in [3.05, 3.63) is 0 Å². The number of nitrogens with zero attached hydrogens (tertiary/aromatic N) is 2. The average Bonchev–Trinajstić information content (AvgIpc) is 2.43. The molecule has 0 unspecified atom stereocenters. The van der Waals surface area contributed by atoms with E-state index in [0.29, 0.717) is 13.1 Å². The summed E-state index contributed by atoms with van der Waals surface area (Å²) in [4.78, 5) is 28.3. The molecule has 0 saturated carbocycles. The van der Waals surface area contributed by atoms with Gasteiger partial charge in [-0.3, -0.25) is 9.59 Å². The molecular weight excluding hydrogens is 302 g/mol. The highest BCUT2D eigenvalue weighted by Crippen LogP contribution is 2.24. The van der Waals surface area contributed by atoms with Crippen LogP contribution in [0.4, 0.5) is 0 Å². The van der Waals surface area contributed by atoms with Gasteiger partial charge < -0.3 is 15.5 Å². The summed E-state index contributed by atoms with van der Waals surface area (Å²) in [5.41, 5.74) is 5.81. The van der Waals surface area contributed by atoms with Crippen LogP contribution in [0.5, 0.6) is 0 Å². The van der Waals surface area contributed by atoms with Crippen LogP contribution in [-0.4, -0.2) is 53.8 Å². The highest BCUT2D eigenvalue weighted by molar-refractivity contribution is 5.85. The van der Waals surface area contributed by atoms with Crippen LogP contribution < -0.4 is 5.73 Å². The molecule has 22 heavy (non-hydrogen) atoms. The molecule has 0 aromatic carbocycles. The zero-order valence-electron chi connectivity index (χ0n) is 14.8. The van der Waals surface area contributed by atoms with Crippen LogP contribution in [0.2, 0.25) is 0 Å². The summed E-state index contributed by atoms with van der Waals surface area (Å²) in [6.45, 7) is 11.2. The average molecular weight is 334 g/mol. The molecule has 1 heterocycles. The van der Waals surface area contributed by atoms with Crippen LogP contribution in [0.1, 0.15) is 47.5 Å². The maximum absolute atomic E-state index is 12.4. The van der Waals surface area contributed by atoms with Crippen molar-refractivity contribution in [3.63, 3.8) is 0 Å². The Morgan fingerprint density at radius 1 is 1.18 bits per heavy atom. The first-order valence-corrected chi connectivity index (χ1v) is 7.86. The van der Waals surface area contributed by atoms with E-state index in [-0.39, 0.29) is 41.6 Å². The van der Waals surface area contributed by atoms with E-state index in [2.05, 4.69) is 0 Å². The van der Waals surface area contributed by atoms with Crippen LogP contribution in [0.3, 0.4) is 0 Å². The van der Waals surface area contributed by atoms with Gasteiger partial charge in [0.05, 0.1) is 6.04 Å². The van der Waals surface area contributed by atoms with E-state index in [1.807, 2.05) is 46.6 Å². The second-order valence-electron chi connectivity index (χ2n) is 7.49. The molecule has 1 aliphatic rings. The number of rotatable bonds is 3. The van der Waals surface area contributed by atoms with Crippen LogP contribution in [-0.2, 0) is 9.59 Å². The number of hydrogen-bond acceptors (Lipinski definition) is 3. The second kappa shape index (κ2) is 8.16. The van der Waals surface area contributed by atoms with Gasteiger partial charge in [0.15, 0.2) is 0 Å². The zero-order chi connectivity index (χ0) is 16.4. The van der Waals surface area contributed by atoms with E-state index >= 15 is 0 Å². The van der Waals surface area contributed by atoms with Gasteiger partial charge >= 0.3 is 0 Å². The fraction of sp³-hybridized carbons (Fsp3) is 0.875. The minimum absolute atomic E-state index is 0. The normalized spacial score (nSPS) is 17.9. The van der Waals surface area contributed by atoms with E-state index in [0.717, 1.165) is 12.8 Å². The third kappa shape index (κ3) is 5.13. The minimum atomic E-state index is -0.483. The van der Waals surface area contributed by atoms with Gasteiger partial charge in [0, 0.05) is 32.1 Å². The van der Waals surface area contributed by atoms with Gasteiger partial charge in [-0.1, -0.05) is 20.8 Å². The van der Waals surface area contributed by atoms with E-state index in [1.165, 1.54) is 0 Å². The molecule has 1 atom stereocenters. The maximum Gasteiger partial charge on any atom is 0.240 e. The number of piperidine rings is 1. The van der Waals surface area contributed by atoms with Crippen molar-refractivity contribution < 1.29 is 9.59 Å². The highest BCUT2D eigenvalue weighted by Gasteiger charge is 2.35. The van der Waals surface area contributed by atoms with Gasteiger partial charge in [0.1, 0.15) is 0 Å². The molecular formula is C16H32ClN3O2. The Morgan fingerprint density at radius 2 is 1.64 bits per heavy atom. The van der Waals surface area contributed by atoms with Crippen molar-refractivity contribution in [2.24, 2.45) is 17.1 Å². The monoisotopic (exact) mass is 333 g/mol. The molecule has 2 N–H and O–H groups in total. The van der Waals surface area contributed by atoms with Crippen molar-refractivity contribution in [1.29, 1.82) is 0 Å². The lowest BCUT2D eigenvalue weighted by Crippen LogP contribution is -2.53. The summed E-state index contributed by atoms with van der Waals surface area (Å²) < 4.78 is 0. The van der Waals surface area contributed by atoms with Crippen LogP contribution in [0, 0.1) is 11.3 Å². The van der Waals surface area contributed by atoms with Gasteiger partial charge in [-0.15, -0.1) is 12.4 Å². The molecule has 0 aromatic rings. The van der Waals surface area contributed by atoms with Gasteiger partial charge in [0.2, 0.25) is 11.8 Å². The lowest BCUT2D eigenvalue weighted by molar-refractivity contribution is -0.142. The summed E-state index contributed by atoms with van der Waals surface area (Å²) in [6, 6.07) is -0.269. The van der Waals surface area contributed by atoms with Crippen molar-refractivity contribution >= 4 is 24.2 Å². The molecule has 0 radical (unpaired) electrons. The molecule has 6 heteroatoms. The summed E-state index contributed by atoms with van der Waals surface area (Å²) in [7, 11) is 1.85. The third-order valence-electron chi connectivity index (χ3n) is 4.48. The predicted octanol–water partition coefficient (Wildman–Crippen LogP) is 1.89. The quantitative estimate of drug-likeness (QED) is 0.857. The molecule has 0 spiro atoms. The molecule has 130 valence electrons. The lowest BCUT2D eigenvalue weighted by Gasteiger charge is -2.37. The summed E-state index contributed by atoms with van der Waals surface area (Å²) in [5, 5.41) is 0. The Morgan fingerprint density at radius 3 is 2.00 bits per heavy atom. The Balaban J connectivity index is 0.00000441. The van der Waals surface area contributed by atoms with Crippen molar-refractivity contribution in [2.45, 2.75) is 59.5 Å². The molecule has 2 amide bonds. The summed E-state index contributed by atoms with van der Waals surface area (Å²) >= 11 is 0. The first-order valence-electron chi connectivity index (χ1n) is 7.86. The van der Waals surface area contributed by atoms with Gasteiger partial charge in [-0.2, -0.15) is 0 Å². The van der Waals surface area contributed by atoms with E-state index < -0.39 is 6.04 Å². The first-order chi connectivity index (χ1) is 9.55. The fourth-order valence-corrected chi connectivity index (χ4v) is 2.46. The second-order valence-corrected chi connectivity index (χ2v) is 7.49. The molecule has 0 bridgehead atoms. The Bertz CT molecular complexity index is 385. The minimum Gasteiger partial charge on any atom is -0.343 e. The number of hydrogen-bond donors (Lipinski definition) is 1. The smallest absolute Gasteiger partial charge is 0.240 e. The number of carbonyl (C=O) groups is 2. The molecule has 1 rings (SSSR count). The molecule has 5 nitrogen and oxygen atoms in total. The van der Waals surface area contributed by atoms with Gasteiger partial charge in [-0.05, 0) is 32.1 Å². The number of halogens is 1. The molecule has 1 saturated heterocycles. The number of carbonyl (C=O) groups excluding carboxylic acids is 2. The number of likely N-dealkylation sites (tertiary alicyclic amines) is 1. The van der Waals surface area contributed by atoms with Crippen molar-refractivity contribution in [2.75, 3.05) is 20.1 Å². The Kier molecular flexibility index (Phi) is 7.86. The Hall–Kier alpha value is -0.810. The SMILES string of the molecule is CC(C)N(C)C(=O)C1CCN(C(=O)[C@@H](N)C(C)(C)C)CC1.Cl. The van der Waals surface area contributed by atoms with Crippen LogP contribution in [0.15, 0.2) is 0 Å². The lowest BCUT2D eigenvalue weighted by atomic mass is 9.85. The van der Waals surface area contributed by atoms with E-state index in [1.54, 1.807) is 4.90 Å². The van der Waals surface area contributed by atoms with Gasteiger partial charge in [0.25, 0.3) is 0 Å². The molecule has 0 aromatic heterocycles. The first kappa shape index (κ1) is 21.2. The molecule has 0 aliphatic carbocycles. The zero-order valence-corrected chi connectivity index (χ0v) is 15.6. The maximum atomic E-state index is 12.4. The molecule has 1 fully saturated rings. The standard InChI is InChI=1S/C16H31N3O2.ClH/c1-11(2)18(6)14(20)12-7-9-19(10-8-12)15(21)13(17)16(3,4)5;/h11-13H,7-10,17H2,1-6H3;1H/t13-;/m1./s1. The highest BCUT2D eigenvalue weighted by atomic mass is 35.5. The van der Waals surface area contributed by atoms with Crippen LogP contribution >= 0.6 is 12.4 Å². The molecule has 1 aliphatic heterocycles. The van der Waals surface area contributed by atoms with E-state index in [4.69, 9.17) is 5.73 Å². The van der Waals surface area contributed by atoms with Crippen molar-refractivity contribution in [3.8, 4) is 0 Å². The van der Waals surface area contributed by atoms with Crippen LogP contribution in [0.25, 0.3) is 0 Å². The fourth-order valence-electron chi connectivity index (χ4n) is 2.46. The number of nitrogens with two attached hydrogens (primary N) is 1. The summed E-state index contributed by atoms with van der Waals surface area (Å²) in [5.74, 6) is 0.232. The van der Waals surface area contributed by atoms with Gasteiger partial charge in [-0.25, -0.2) is 0 Å². The third-order valence-corrected chi connectivity index (χ3v) is 4.48. The summed E-state index contributed by atoms with van der Waals surface area (Å²) in [6.07, 6.45) is 1.47. The van der Waals surface area contributed by atoms with E-state index in [9.17, 15) is 9.59 Å². The Labute approximate surface area is 141 Å². The predicted molar refractivity (Wildman–Crippen MR) is 91.9 cm³/mol. The van der Waals surface area contributed by atoms with Crippen molar-refractivity contribution in [1.82, 2.24) is 9.80 Å². The largest absolute Gasteiger partial charge is 0.343 e.